The van der Waals surface area contributed by atoms with Crippen LogP contribution >= 0.6 is 0 Å². The summed E-state index contributed by atoms with van der Waals surface area (Å²) in [4.78, 5) is 4.13. The van der Waals surface area contributed by atoms with Crippen LogP contribution in [0.3, 0.4) is 0 Å². The highest BCUT2D eigenvalue weighted by Crippen LogP contribution is 2.27. The van der Waals surface area contributed by atoms with E-state index in [4.69, 9.17) is 0 Å². The lowest BCUT2D eigenvalue weighted by molar-refractivity contribution is 0.542. The van der Waals surface area contributed by atoms with Crippen LogP contribution in [-0.2, 0) is 12.8 Å². The first kappa shape index (κ1) is 6.84. The number of nitrogens with zero attached hydrogens (tertiary/aromatic N) is 1. The molecule has 0 radical (unpaired) electrons. The molecule has 2 rings (SSSR count). The second-order valence-corrected chi connectivity index (χ2v) is 3.33. The first-order valence-corrected chi connectivity index (χ1v) is 4.32. The number of pyridine rings is 1. The molecule has 11 heavy (non-hydrogen) atoms. The van der Waals surface area contributed by atoms with Gasteiger partial charge in [0.15, 0.2) is 0 Å². The number of hydrogen-bond acceptors (Lipinski definition) is 1. The largest absolute Gasteiger partial charge is 0.264 e. The highest BCUT2D eigenvalue weighted by atomic mass is 14.6. The monoisotopic (exact) mass is 147 g/mol. The van der Waals surface area contributed by atoms with Crippen LogP contribution in [0.5, 0.6) is 0 Å². The van der Waals surface area contributed by atoms with Gasteiger partial charge in [-0.2, -0.15) is 0 Å². The summed E-state index contributed by atoms with van der Waals surface area (Å²) in [5, 5.41) is 0. The molecule has 0 aliphatic heterocycles. The first-order valence-electron chi connectivity index (χ1n) is 4.32. The third kappa shape index (κ3) is 1.15. The molecule has 0 saturated carbocycles. The molecular formula is C10H13N. The van der Waals surface area contributed by atoms with Gasteiger partial charge in [-0.3, -0.25) is 4.98 Å². The number of aromatic nitrogens is 1. The van der Waals surface area contributed by atoms with Crippen LogP contribution in [0, 0.1) is 5.92 Å². The smallest absolute Gasteiger partial charge is 0.0302 e. The molecule has 1 nitrogen and oxygen atoms in total. The average molecular weight is 147 g/mol. The number of fused-ring (bicyclic) bond motifs is 1. The fourth-order valence-corrected chi connectivity index (χ4v) is 1.82. The van der Waals surface area contributed by atoms with Crippen LogP contribution in [0.1, 0.15) is 24.5 Å². The fourth-order valence-electron chi connectivity index (χ4n) is 1.82. The maximum absolute atomic E-state index is 4.13. The van der Waals surface area contributed by atoms with Gasteiger partial charge < -0.3 is 0 Å². The molecule has 0 aromatic carbocycles. The van der Waals surface area contributed by atoms with Gasteiger partial charge >= 0.3 is 0 Å². The van der Waals surface area contributed by atoms with Gasteiger partial charge in [0.05, 0.1) is 0 Å². The van der Waals surface area contributed by atoms with Gasteiger partial charge in [-0.25, -0.2) is 0 Å². The van der Waals surface area contributed by atoms with Crippen molar-refractivity contribution in [3.05, 3.63) is 29.6 Å². The minimum Gasteiger partial charge on any atom is -0.264 e. The Balaban J connectivity index is 2.27. The van der Waals surface area contributed by atoms with Gasteiger partial charge in [0.1, 0.15) is 0 Å². The third-order valence-corrected chi connectivity index (χ3v) is 2.60. The lowest BCUT2D eigenvalue weighted by Gasteiger charge is -2.00. The normalized spacial score (nSPS) is 21.7. The second-order valence-electron chi connectivity index (χ2n) is 3.33. The molecule has 1 aromatic rings. The second kappa shape index (κ2) is 2.65. The van der Waals surface area contributed by atoms with Crippen molar-refractivity contribution < 1.29 is 0 Å². The van der Waals surface area contributed by atoms with E-state index in [0.717, 1.165) is 5.92 Å². The van der Waals surface area contributed by atoms with E-state index in [1.54, 1.807) is 0 Å². The Morgan fingerprint density at radius 1 is 1.45 bits per heavy atom. The molecule has 0 N–H and O–H groups in total. The van der Waals surface area contributed by atoms with E-state index in [1.807, 2.05) is 12.4 Å². The Labute approximate surface area is 67.5 Å². The molecule has 58 valence electrons. The summed E-state index contributed by atoms with van der Waals surface area (Å²) in [6.45, 7) is 2.27. The summed E-state index contributed by atoms with van der Waals surface area (Å²) in [5.74, 6) is 0.884. The predicted octanol–water partition coefficient (Wildman–Crippen LogP) is 2.21. The summed E-state index contributed by atoms with van der Waals surface area (Å²) < 4.78 is 0. The molecule has 0 amide bonds. The molecule has 0 spiro atoms. The van der Waals surface area contributed by atoms with E-state index in [1.165, 1.54) is 30.4 Å². The standard InChI is InChI=1S/C10H13N/c1-2-8-5-9-3-4-11-7-10(9)6-8/h3-4,7-8H,2,5-6H2,1H3. The quantitative estimate of drug-likeness (QED) is 0.593. The summed E-state index contributed by atoms with van der Waals surface area (Å²) in [6, 6.07) is 2.16. The molecule has 1 atom stereocenters. The van der Waals surface area contributed by atoms with Crippen molar-refractivity contribution in [2.24, 2.45) is 5.92 Å². The van der Waals surface area contributed by atoms with Gasteiger partial charge in [0.25, 0.3) is 0 Å². The zero-order valence-corrected chi connectivity index (χ0v) is 6.88. The predicted molar refractivity (Wildman–Crippen MR) is 45.4 cm³/mol. The summed E-state index contributed by atoms with van der Waals surface area (Å²) in [7, 11) is 0. The Morgan fingerprint density at radius 2 is 2.27 bits per heavy atom. The molecule has 1 unspecified atom stereocenters. The molecule has 0 saturated heterocycles. The lowest BCUT2D eigenvalue weighted by atomic mass is 10.0. The average Bonchev–Trinajstić information content (AvgIpc) is 2.46. The molecule has 1 aliphatic rings. The zero-order chi connectivity index (χ0) is 7.68. The van der Waals surface area contributed by atoms with Crippen LogP contribution in [0.25, 0.3) is 0 Å². The molecule has 1 aliphatic carbocycles. The minimum atomic E-state index is 0.884. The van der Waals surface area contributed by atoms with Crippen molar-refractivity contribution in [2.45, 2.75) is 26.2 Å². The van der Waals surface area contributed by atoms with E-state index in [2.05, 4.69) is 18.0 Å². The first-order chi connectivity index (χ1) is 5.40. The van der Waals surface area contributed by atoms with Crippen molar-refractivity contribution in [3.8, 4) is 0 Å². The van der Waals surface area contributed by atoms with Crippen molar-refractivity contribution >= 4 is 0 Å². The number of rotatable bonds is 1. The van der Waals surface area contributed by atoms with Crippen LogP contribution < -0.4 is 0 Å². The van der Waals surface area contributed by atoms with Crippen molar-refractivity contribution in [2.75, 3.05) is 0 Å². The van der Waals surface area contributed by atoms with Gasteiger partial charge in [0, 0.05) is 12.4 Å². The highest BCUT2D eigenvalue weighted by molar-refractivity contribution is 5.28. The van der Waals surface area contributed by atoms with E-state index in [9.17, 15) is 0 Å². The maximum atomic E-state index is 4.13. The molecule has 1 heteroatoms. The van der Waals surface area contributed by atoms with E-state index in [-0.39, 0.29) is 0 Å². The van der Waals surface area contributed by atoms with Crippen LogP contribution in [0.4, 0.5) is 0 Å². The molecule has 1 heterocycles. The number of hydrogen-bond donors (Lipinski definition) is 0. The van der Waals surface area contributed by atoms with Gasteiger partial charge in [-0.15, -0.1) is 0 Å². The summed E-state index contributed by atoms with van der Waals surface area (Å²) >= 11 is 0. The molecular weight excluding hydrogens is 134 g/mol. The van der Waals surface area contributed by atoms with Crippen LogP contribution in [-0.4, -0.2) is 4.98 Å². The fraction of sp³-hybridized carbons (Fsp3) is 0.500. The molecule has 0 fully saturated rings. The van der Waals surface area contributed by atoms with Crippen molar-refractivity contribution in [1.29, 1.82) is 0 Å². The Hall–Kier alpha value is -0.850. The van der Waals surface area contributed by atoms with Gasteiger partial charge in [-0.1, -0.05) is 13.3 Å². The molecule has 0 bridgehead atoms. The van der Waals surface area contributed by atoms with Crippen molar-refractivity contribution in [3.63, 3.8) is 0 Å². The Kier molecular flexibility index (Phi) is 1.65. The third-order valence-electron chi connectivity index (χ3n) is 2.60. The van der Waals surface area contributed by atoms with E-state index < -0.39 is 0 Å². The van der Waals surface area contributed by atoms with Crippen LogP contribution in [0.15, 0.2) is 18.5 Å². The Morgan fingerprint density at radius 3 is 3.00 bits per heavy atom. The van der Waals surface area contributed by atoms with E-state index in [0.29, 0.717) is 0 Å². The lowest BCUT2D eigenvalue weighted by Crippen LogP contribution is -1.95. The summed E-state index contributed by atoms with van der Waals surface area (Å²) in [6.07, 6.45) is 7.74. The van der Waals surface area contributed by atoms with Gasteiger partial charge in [-0.05, 0) is 36.0 Å². The highest BCUT2D eigenvalue weighted by Gasteiger charge is 2.18. The topological polar surface area (TPSA) is 12.9 Å². The SMILES string of the molecule is CCC1Cc2ccncc2C1. The summed E-state index contributed by atoms with van der Waals surface area (Å²) in [5.41, 5.74) is 2.99. The maximum Gasteiger partial charge on any atom is 0.0302 e. The Bertz CT molecular complexity index is 230. The molecule has 1 aromatic heterocycles. The van der Waals surface area contributed by atoms with Crippen LogP contribution in [0.2, 0.25) is 0 Å². The van der Waals surface area contributed by atoms with E-state index >= 15 is 0 Å². The minimum absolute atomic E-state index is 0.884. The zero-order valence-electron chi connectivity index (χ0n) is 6.88. The van der Waals surface area contributed by atoms with Gasteiger partial charge in [0.2, 0.25) is 0 Å². The van der Waals surface area contributed by atoms with Crippen molar-refractivity contribution in [1.82, 2.24) is 4.98 Å².